The van der Waals surface area contributed by atoms with E-state index in [1.165, 1.54) is 24.2 Å². The van der Waals surface area contributed by atoms with Gasteiger partial charge in [-0.15, -0.1) is 0 Å². The van der Waals surface area contributed by atoms with Gasteiger partial charge in [0, 0.05) is 12.1 Å². The Morgan fingerprint density at radius 1 is 0.867 bits per heavy atom. The van der Waals surface area contributed by atoms with Crippen LogP contribution in [0.2, 0.25) is 0 Å². The maximum atomic E-state index is 2.50. The predicted octanol–water partition coefficient (Wildman–Crippen LogP) is 2.94. The van der Waals surface area contributed by atoms with Crippen molar-refractivity contribution in [1.82, 2.24) is 9.80 Å². The Labute approximate surface area is 93.2 Å². The van der Waals surface area contributed by atoms with E-state index in [2.05, 4.69) is 49.6 Å². The summed E-state index contributed by atoms with van der Waals surface area (Å²) in [5.41, 5.74) is 2.93. The Morgan fingerprint density at radius 2 is 1.27 bits per heavy atom. The number of rotatable bonds is 2. The van der Waals surface area contributed by atoms with Gasteiger partial charge in [0.25, 0.3) is 0 Å². The minimum atomic E-state index is 0.599. The van der Waals surface area contributed by atoms with E-state index in [4.69, 9.17) is 0 Å². The van der Waals surface area contributed by atoms with Crippen LogP contribution in [-0.2, 0) is 0 Å². The monoisotopic (exact) mass is 206 g/mol. The molecule has 2 nitrogen and oxygen atoms in total. The molecule has 0 bridgehead atoms. The van der Waals surface area contributed by atoms with Crippen LogP contribution in [0.4, 0.5) is 0 Å². The third kappa shape index (κ3) is 1.77. The van der Waals surface area contributed by atoms with E-state index >= 15 is 0 Å². The van der Waals surface area contributed by atoms with Crippen LogP contribution in [0.5, 0.6) is 0 Å². The van der Waals surface area contributed by atoms with Crippen LogP contribution >= 0.6 is 0 Å². The first-order chi connectivity index (χ1) is 7.11. The Balaban J connectivity index is 2.29. The van der Waals surface area contributed by atoms with E-state index in [-0.39, 0.29) is 0 Å². The average molecular weight is 206 g/mol. The number of hydrogen-bond donors (Lipinski definition) is 0. The summed E-state index contributed by atoms with van der Waals surface area (Å²) in [7, 11) is 0. The standard InChI is InChI=1S/C13H22N2/c1-10(2)14-9-15(11(3)4)13-8-6-5-7-12(13)14/h7-8,10-11H,5-6,9H2,1-4H3. The Morgan fingerprint density at radius 3 is 1.60 bits per heavy atom. The lowest BCUT2D eigenvalue weighted by atomic mass is 10.1. The summed E-state index contributed by atoms with van der Waals surface area (Å²) in [5, 5.41) is 0. The summed E-state index contributed by atoms with van der Waals surface area (Å²) < 4.78 is 0. The minimum Gasteiger partial charge on any atom is -0.350 e. The number of allylic oxidation sites excluding steroid dienone is 2. The Bertz CT molecular complexity index is 270. The molecule has 2 aliphatic rings. The first kappa shape index (κ1) is 10.6. The third-order valence-electron chi connectivity index (χ3n) is 3.27. The summed E-state index contributed by atoms with van der Waals surface area (Å²) in [4.78, 5) is 5.01. The van der Waals surface area contributed by atoms with Crippen LogP contribution < -0.4 is 0 Å². The second kappa shape index (κ2) is 3.92. The van der Waals surface area contributed by atoms with Crippen LogP contribution in [0, 0.1) is 0 Å². The van der Waals surface area contributed by atoms with E-state index < -0.39 is 0 Å². The lowest BCUT2D eigenvalue weighted by Crippen LogP contribution is -2.33. The van der Waals surface area contributed by atoms with Gasteiger partial charge in [-0.25, -0.2) is 0 Å². The predicted molar refractivity (Wildman–Crippen MR) is 64.2 cm³/mol. The number of hydrogen-bond acceptors (Lipinski definition) is 2. The molecule has 2 rings (SSSR count). The van der Waals surface area contributed by atoms with Crippen molar-refractivity contribution in [3.63, 3.8) is 0 Å². The smallest absolute Gasteiger partial charge is 0.0909 e. The van der Waals surface area contributed by atoms with E-state index in [1.807, 2.05) is 0 Å². The van der Waals surface area contributed by atoms with Gasteiger partial charge in [-0.2, -0.15) is 0 Å². The van der Waals surface area contributed by atoms with E-state index in [0.29, 0.717) is 12.1 Å². The lowest BCUT2D eigenvalue weighted by molar-refractivity contribution is 0.208. The SMILES string of the molecule is CC(C)N1CN(C(C)C)C2=CCCC=C21. The van der Waals surface area contributed by atoms with Crippen molar-refractivity contribution in [2.45, 2.75) is 52.6 Å². The van der Waals surface area contributed by atoms with Gasteiger partial charge in [0.15, 0.2) is 0 Å². The minimum absolute atomic E-state index is 0.599. The highest BCUT2D eigenvalue weighted by molar-refractivity contribution is 5.36. The fourth-order valence-corrected chi connectivity index (χ4v) is 2.38. The third-order valence-corrected chi connectivity index (χ3v) is 3.27. The molecule has 1 aliphatic carbocycles. The zero-order valence-electron chi connectivity index (χ0n) is 10.3. The van der Waals surface area contributed by atoms with Crippen molar-refractivity contribution >= 4 is 0 Å². The topological polar surface area (TPSA) is 6.48 Å². The second-order valence-electron chi connectivity index (χ2n) is 5.02. The van der Waals surface area contributed by atoms with Gasteiger partial charge in [-0.1, -0.05) is 12.2 Å². The first-order valence-corrected chi connectivity index (χ1v) is 6.05. The number of fused-ring (bicyclic) bond motifs is 1. The molecule has 0 aromatic carbocycles. The molecule has 1 fully saturated rings. The zero-order chi connectivity index (χ0) is 11.0. The van der Waals surface area contributed by atoms with E-state index in [1.54, 1.807) is 0 Å². The number of nitrogens with zero attached hydrogens (tertiary/aromatic N) is 2. The van der Waals surface area contributed by atoms with Crippen molar-refractivity contribution in [2.75, 3.05) is 6.67 Å². The molecule has 1 heterocycles. The first-order valence-electron chi connectivity index (χ1n) is 6.05. The summed E-state index contributed by atoms with van der Waals surface area (Å²) in [6, 6.07) is 1.20. The van der Waals surface area contributed by atoms with Crippen LogP contribution in [0.15, 0.2) is 23.5 Å². The molecule has 0 amide bonds. The molecule has 0 radical (unpaired) electrons. The van der Waals surface area contributed by atoms with Gasteiger partial charge in [0.1, 0.15) is 0 Å². The van der Waals surface area contributed by atoms with Gasteiger partial charge in [0.2, 0.25) is 0 Å². The highest BCUT2D eigenvalue weighted by Gasteiger charge is 2.32. The molecule has 1 saturated heterocycles. The van der Waals surface area contributed by atoms with Crippen LogP contribution in [0.25, 0.3) is 0 Å². The molecule has 0 unspecified atom stereocenters. The molecule has 0 atom stereocenters. The lowest BCUT2D eigenvalue weighted by Gasteiger charge is -2.26. The molecular formula is C13H22N2. The maximum Gasteiger partial charge on any atom is 0.0909 e. The van der Waals surface area contributed by atoms with Gasteiger partial charge >= 0.3 is 0 Å². The normalized spacial score (nSPS) is 20.9. The highest BCUT2D eigenvalue weighted by atomic mass is 15.4. The summed E-state index contributed by atoms with van der Waals surface area (Å²) in [6.07, 6.45) is 7.21. The van der Waals surface area contributed by atoms with Crippen LogP contribution in [0.1, 0.15) is 40.5 Å². The maximum absolute atomic E-state index is 2.50. The molecule has 0 spiro atoms. The fourth-order valence-electron chi connectivity index (χ4n) is 2.38. The van der Waals surface area contributed by atoms with Crippen LogP contribution in [-0.4, -0.2) is 28.6 Å². The Hall–Kier alpha value is -0.920. The van der Waals surface area contributed by atoms with E-state index in [0.717, 1.165) is 6.67 Å². The molecule has 84 valence electrons. The molecule has 0 aromatic rings. The van der Waals surface area contributed by atoms with Crippen molar-refractivity contribution in [3.8, 4) is 0 Å². The van der Waals surface area contributed by atoms with Gasteiger partial charge in [0.05, 0.1) is 18.1 Å². The molecule has 0 N–H and O–H groups in total. The molecular weight excluding hydrogens is 184 g/mol. The van der Waals surface area contributed by atoms with Crippen molar-refractivity contribution in [1.29, 1.82) is 0 Å². The summed E-state index contributed by atoms with van der Waals surface area (Å²) in [6.45, 7) is 10.2. The zero-order valence-corrected chi connectivity index (χ0v) is 10.3. The highest BCUT2D eigenvalue weighted by Crippen LogP contribution is 2.34. The summed E-state index contributed by atoms with van der Waals surface area (Å²) in [5.74, 6) is 0. The van der Waals surface area contributed by atoms with Crippen molar-refractivity contribution in [3.05, 3.63) is 23.5 Å². The van der Waals surface area contributed by atoms with Crippen molar-refractivity contribution < 1.29 is 0 Å². The van der Waals surface area contributed by atoms with Crippen molar-refractivity contribution in [2.24, 2.45) is 0 Å². The van der Waals surface area contributed by atoms with Gasteiger partial charge < -0.3 is 9.80 Å². The van der Waals surface area contributed by atoms with Crippen LogP contribution in [0.3, 0.4) is 0 Å². The largest absolute Gasteiger partial charge is 0.350 e. The Kier molecular flexibility index (Phi) is 2.76. The molecule has 0 aromatic heterocycles. The van der Waals surface area contributed by atoms with Gasteiger partial charge in [-0.3, -0.25) is 0 Å². The molecule has 1 aliphatic heterocycles. The van der Waals surface area contributed by atoms with Gasteiger partial charge in [-0.05, 0) is 40.5 Å². The molecule has 0 saturated carbocycles. The second-order valence-corrected chi connectivity index (χ2v) is 5.02. The average Bonchev–Trinajstić information content (AvgIpc) is 2.56. The van der Waals surface area contributed by atoms with E-state index in [9.17, 15) is 0 Å². The summed E-state index contributed by atoms with van der Waals surface area (Å²) >= 11 is 0. The molecule has 2 heteroatoms. The fraction of sp³-hybridized carbons (Fsp3) is 0.692. The molecule has 15 heavy (non-hydrogen) atoms. The quantitative estimate of drug-likeness (QED) is 0.685.